The standard InChI is InChI=1S/C18H24N4O/c1-13(21-18(23)14-6-4-7-15(19)12-14)16-8-2-3-9-17(16)22-11-5-10-20-22/h2-3,5,8-11,13-15H,4,6-7,12,19H2,1H3,(H,21,23). The first-order valence-electron chi connectivity index (χ1n) is 8.30. The second kappa shape index (κ2) is 6.96. The van der Waals surface area contributed by atoms with Crippen molar-refractivity contribution in [3.05, 3.63) is 48.3 Å². The zero-order valence-corrected chi connectivity index (χ0v) is 13.5. The number of carbonyl (C=O) groups is 1. The Kier molecular flexibility index (Phi) is 4.76. The SMILES string of the molecule is CC(NC(=O)C1CCCC(N)C1)c1ccccc1-n1cccn1. The van der Waals surface area contributed by atoms with E-state index in [4.69, 9.17) is 5.73 Å². The summed E-state index contributed by atoms with van der Waals surface area (Å²) in [5.74, 6) is 0.154. The molecule has 1 aromatic carbocycles. The van der Waals surface area contributed by atoms with Crippen molar-refractivity contribution >= 4 is 5.91 Å². The quantitative estimate of drug-likeness (QED) is 0.911. The lowest BCUT2D eigenvalue weighted by Crippen LogP contribution is -2.38. The van der Waals surface area contributed by atoms with Gasteiger partial charge in [-0.1, -0.05) is 24.6 Å². The van der Waals surface area contributed by atoms with Crippen molar-refractivity contribution in [3.63, 3.8) is 0 Å². The van der Waals surface area contributed by atoms with Crippen LogP contribution < -0.4 is 11.1 Å². The van der Waals surface area contributed by atoms with Crippen molar-refractivity contribution in [2.75, 3.05) is 0 Å². The van der Waals surface area contributed by atoms with E-state index in [0.717, 1.165) is 36.9 Å². The molecule has 122 valence electrons. The fourth-order valence-electron chi connectivity index (χ4n) is 3.35. The molecule has 23 heavy (non-hydrogen) atoms. The Morgan fingerprint density at radius 1 is 1.35 bits per heavy atom. The topological polar surface area (TPSA) is 72.9 Å². The van der Waals surface area contributed by atoms with Crippen molar-refractivity contribution in [2.45, 2.75) is 44.7 Å². The van der Waals surface area contributed by atoms with Crippen molar-refractivity contribution in [2.24, 2.45) is 11.7 Å². The average Bonchev–Trinajstić information content (AvgIpc) is 3.09. The van der Waals surface area contributed by atoms with Gasteiger partial charge in [0.05, 0.1) is 11.7 Å². The van der Waals surface area contributed by atoms with Gasteiger partial charge in [-0.25, -0.2) is 4.68 Å². The fourth-order valence-corrected chi connectivity index (χ4v) is 3.35. The summed E-state index contributed by atoms with van der Waals surface area (Å²) in [5.41, 5.74) is 8.05. The second-order valence-electron chi connectivity index (χ2n) is 6.36. The van der Waals surface area contributed by atoms with Crippen LogP contribution in [0, 0.1) is 5.92 Å². The first-order chi connectivity index (χ1) is 11.1. The number of aromatic nitrogens is 2. The monoisotopic (exact) mass is 312 g/mol. The maximum absolute atomic E-state index is 12.5. The van der Waals surface area contributed by atoms with E-state index in [-0.39, 0.29) is 23.9 Å². The molecule has 2 aromatic rings. The van der Waals surface area contributed by atoms with Crippen LogP contribution in [-0.2, 0) is 4.79 Å². The van der Waals surface area contributed by atoms with Crippen LogP contribution in [0.15, 0.2) is 42.7 Å². The van der Waals surface area contributed by atoms with Crippen molar-refractivity contribution in [1.29, 1.82) is 0 Å². The highest BCUT2D eigenvalue weighted by molar-refractivity contribution is 5.79. The highest BCUT2D eigenvalue weighted by atomic mass is 16.1. The summed E-state index contributed by atoms with van der Waals surface area (Å²) in [6.07, 6.45) is 7.46. The van der Waals surface area contributed by atoms with Gasteiger partial charge in [-0.05, 0) is 43.9 Å². The van der Waals surface area contributed by atoms with Crippen LogP contribution in [0.25, 0.3) is 5.69 Å². The van der Waals surface area contributed by atoms with Crippen LogP contribution in [0.2, 0.25) is 0 Å². The average molecular weight is 312 g/mol. The molecule has 5 heteroatoms. The molecule has 0 saturated heterocycles. The summed E-state index contributed by atoms with van der Waals surface area (Å²) >= 11 is 0. The number of nitrogens with two attached hydrogens (primary N) is 1. The van der Waals surface area contributed by atoms with Gasteiger partial charge in [0.1, 0.15) is 0 Å². The summed E-state index contributed by atoms with van der Waals surface area (Å²) in [6, 6.07) is 10.0. The predicted octanol–water partition coefficient (Wildman–Crippen LogP) is 2.57. The van der Waals surface area contributed by atoms with E-state index in [9.17, 15) is 4.79 Å². The molecule has 1 amide bonds. The number of nitrogens with one attached hydrogen (secondary N) is 1. The third-order valence-electron chi connectivity index (χ3n) is 4.60. The third kappa shape index (κ3) is 3.62. The molecule has 1 aliphatic rings. The molecule has 1 heterocycles. The van der Waals surface area contributed by atoms with Crippen LogP contribution in [0.1, 0.15) is 44.2 Å². The van der Waals surface area contributed by atoms with Crippen molar-refractivity contribution in [3.8, 4) is 5.69 Å². The van der Waals surface area contributed by atoms with Crippen molar-refractivity contribution < 1.29 is 4.79 Å². The molecule has 1 saturated carbocycles. The summed E-state index contributed by atoms with van der Waals surface area (Å²) in [7, 11) is 0. The molecule has 3 rings (SSSR count). The van der Waals surface area contributed by atoms with E-state index in [0.29, 0.717) is 0 Å². The molecule has 0 aliphatic heterocycles. The van der Waals surface area contributed by atoms with E-state index < -0.39 is 0 Å². The van der Waals surface area contributed by atoms with Crippen LogP contribution in [0.4, 0.5) is 0 Å². The van der Waals surface area contributed by atoms with Gasteiger partial charge in [-0.2, -0.15) is 5.10 Å². The Labute approximate surface area is 136 Å². The fraction of sp³-hybridized carbons (Fsp3) is 0.444. The Morgan fingerprint density at radius 2 is 2.17 bits per heavy atom. The van der Waals surface area contributed by atoms with E-state index >= 15 is 0 Å². The molecule has 0 spiro atoms. The summed E-state index contributed by atoms with van der Waals surface area (Å²) in [6.45, 7) is 2.02. The predicted molar refractivity (Wildman–Crippen MR) is 90.1 cm³/mol. The Morgan fingerprint density at radius 3 is 2.91 bits per heavy atom. The second-order valence-corrected chi connectivity index (χ2v) is 6.36. The zero-order valence-electron chi connectivity index (χ0n) is 13.5. The van der Waals surface area contributed by atoms with Crippen LogP contribution in [0.5, 0.6) is 0 Å². The van der Waals surface area contributed by atoms with E-state index in [1.54, 1.807) is 6.20 Å². The lowest BCUT2D eigenvalue weighted by Gasteiger charge is -2.27. The molecule has 0 radical (unpaired) electrons. The lowest BCUT2D eigenvalue weighted by molar-refractivity contribution is -0.126. The Bertz CT molecular complexity index is 653. The highest BCUT2D eigenvalue weighted by Gasteiger charge is 2.26. The normalized spacial score (nSPS) is 22.5. The summed E-state index contributed by atoms with van der Waals surface area (Å²) in [4.78, 5) is 12.5. The van der Waals surface area contributed by atoms with Gasteiger partial charge in [0.25, 0.3) is 0 Å². The minimum atomic E-state index is -0.0685. The Balaban J connectivity index is 1.73. The van der Waals surface area contributed by atoms with E-state index in [1.807, 2.05) is 48.1 Å². The smallest absolute Gasteiger partial charge is 0.223 e. The van der Waals surface area contributed by atoms with Crippen LogP contribution >= 0.6 is 0 Å². The van der Waals surface area contributed by atoms with Crippen LogP contribution in [0.3, 0.4) is 0 Å². The number of amides is 1. The number of carbonyl (C=O) groups excluding carboxylic acids is 1. The molecule has 3 N–H and O–H groups in total. The summed E-state index contributed by atoms with van der Waals surface area (Å²) < 4.78 is 1.83. The summed E-state index contributed by atoms with van der Waals surface area (Å²) in [5, 5.41) is 7.45. The van der Waals surface area contributed by atoms with Gasteiger partial charge < -0.3 is 11.1 Å². The third-order valence-corrected chi connectivity index (χ3v) is 4.60. The van der Waals surface area contributed by atoms with Crippen LogP contribution in [-0.4, -0.2) is 21.7 Å². The molecule has 5 nitrogen and oxygen atoms in total. The number of para-hydroxylation sites is 1. The maximum atomic E-state index is 12.5. The molecular weight excluding hydrogens is 288 g/mol. The van der Waals surface area contributed by atoms with Gasteiger partial charge in [-0.15, -0.1) is 0 Å². The lowest BCUT2D eigenvalue weighted by atomic mass is 9.85. The molecule has 3 atom stereocenters. The zero-order chi connectivity index (χ0) is 16.2. The molecular formula is C18H24N4O. The molecule has 1 aromatic heterocycles. The van der Waals surface area contributed by atoms with Crippen molar-refractivity contribution in [1.82, 2.24) is 15.1 Å². The van der Waals surface area contributed by atoms with Gasteiger partial charge >= 0.3 is 0 Å². The number of rotatable bonds is 4. The minimum Gasteiger partial charge on any atom is -0.349 e. The van der Waals surface area contributed by atoms with Gasteiger partial charge in [0, 0.05) is 24.4 Å². The van der Waals surface area contributed by atoms with Gasteiger partial charge in [0.15, 0.2) is 0 Å². The molecule has 1 fully saturated rings. The number of nitrogens with zero attached hydrogens (tertiary/aromatic N) is 2. The van der Waals surface area contributed by atoms with E-state index in [1.165, 1.54) is 0 Å². The largest absolute Gasteiger partial charge is 0.349 e. The van der Waals surface area contributed by atoms with Gasteiger partial charge in [-0.3, -0.25) is 4.79 Å². The Hall–Kier alpha value is -2.14. The maximum Gasteiger partial charge on any atom is 0.223 e. The highest BCUT2D eigenvalue weighted by Crippen LogP contribution is 2.25. The number of hydrogen-bond acceptors (Lipinski definition) is 3. The number of benzene rings is 1. The molecule has 0 bridgehead atoms. The molecule has 1 aliphatic carbocycles. The minimum absolute atomic E-state index is 0.0399. The van der Waals surface area contributed by atoms with Gasteiger partial charge in [0.2, 0.25) is 5.91 Å². The molecule has 3 unspecified atom stereocenters. The first kappa shape index (κ1) is 15.7. The first-order valence-corrected chi connectivity index (χ1v) is 8.30. The van der Waals surface area contributed by atoms with E-state index in [2.05, 4.69) is 10.4 Å². The number of hydrogen-bond donors (Lipinski definition) is 2.